The van der Waals surface area contributed by atoms with Crippen LogP contribution in [0.1, 0.15) is 18.1 Å². The lowest BCUT2D eigenvalue weighted by atomic mass is 10.1. The van der Waals surface area contributed by atoms with Crippen molar-refractivity contribution in [2.75, 3.05) is 12.4 Å². The Labute approximate surface area is 160 Å². The van der Waals surface area contributed by atoms with Crippen LogP contribution < -0.4 is 25.8 Å². The Morgan fingerprint density at radius 1 is 1.08 bits per heavy atom. The number of allylic oxidation sites excluding steroid dienone is 1. The number of hydrogen-bond acceptors (Lipinski definition) is 5. The van der Waals surface area contributed by atoms with Crippen LogP contribution in [0.2, 0.25) is 0 Å². The highest BCUT2D eigenvalue weighted by Crippen LogP contribution is 2.31. The molecule has 1 heterocycles. The lowest BCUT2D eigenvalue weighted by molar-refractivity contribution is 0.414. The molecule has 0 aliphatic carbocycles. The lowest BCUT2D eigenvalue weighted by Gasteiger charge is -2.21. The van der Waals surface area contributed by atoms with E-state index < -0.39 is 0 Å². The van der Waals surface area contributed by atoms with Crippen molar-refractivity contribution in [1.29, 1.82) is 0 Å². The molecule has 0 radical (unpaired) electrons. The Bertz CT molecular complexity index is 751. The molecule has 0 saturated heterocycles. The van der Waals surface area contributed by atoms with Crippen LogP contribution in [0.15, 0.2) is 54.0 Å². The van der Waals surface area contributed by atoms with Crippen LogP contribution >= 0.6 is 24.8 Å². The third-order valence-electron chi connectivity index (χ3n) is 3.75. The summed E-state index contributed by atoms with van der Waals surface area (Å²) in [5.41, 5.74) is 9.11. The summed E-state index contributed by atoms with van der Waals surface area (Å²) in [5, 5.41) is 6.59. The van der Waals surface area contributed by atoms with Gasteiger partial charge in [0.1, 0.15) is 17.3 Å². The van der Waals surface area contributed by atoms with Crippen LogP contribution in [-0.2, 0) is 13.1 Å². The van der Waals surface area contributed by atoms with Gasteiger partial charge in [0.25, 0.3) is 0 Å². The second kappa shape index (κ2) is 9.42. The molecule has 0 bridgehead atoms. The van der Waals surface area contributed by atoms with Gasteiger partial charge in [0.05, 0.1) is 12.8 Å². The van der Waals surface area contributed by atoms with Gasteiger partial charge in [-0.2, -0.15) is 0 Å². The number of fused-ring (bicyclic) bond motifs is 1. The first kappa shape index (κ1) is 21.0. The van der Waals surface area contributed by atoms with Crippen molar-refractivity contribution in [3.63, 3.8) is 0 Å². The van der Waals surface area contributed by atoms with E-state index in [1.807, 2.05) is 43.3 Å². The average molecular weight is 384 g/mol. The molecule has 4 N–H and O–H groups in total. The van der Waals surface area contributed by atoms with E-state index in [9.17, 15) is 0 Å². The van der Waals surface area contributed by atoms with Crippen LogP contribution in [0.4, 0.5) is 5.69 Å². The minimum absolute atomic E-state index is 0. The molecule has 5 nitrogen and oxygen atoms in total. The molecule has 2 aromatic carbocycles. The predicted octanol–water partition coefficient (Wildman–Crippen LogP) is 3.78. The predicted molar refractivity (Wildman–Crippen MR) is 106 cm³/mol. The minimum Gasteiger partial charge on any atom is -0.497 e. The normalized spacial score (nSPS) is 12.1. The van der Waals surface area contributed by atoms with E-state index in [1.165, 1.54) is 5.56 Å². The third kappa shape index (κ3) is 5.19. The molecule has 1 aliphatic rings. The number of methoxy groups -OCH3 is 1. The molecule has 0 spiro atoms. The molecule has 0 saturated carbocycles. The molecule has 0 unspecified atom stereocenters. The summed E-state index contributed by atoms with van der Waals surface area (Å²) in [6.45, 7) is 3.38. The highest BCUT2D eigenvalue weighted by atomic mass is 35.5. The monoisotopic (exact) mass is 383 g/mol. The van der Waals surface area contributed by atoms with E-state index in [-0.39, 0.29) is 24.8 Å². The van der Waals surface area contributed by atoms with Gasteiger partial charge in [0.2, 0.25) is 0 Å². The molecular weight excluding hydrogens is 361 g/mol. The highest BCUT2D eigenvalue weighted by molar-refractivity contribution is 5.85. The highest BCUT2D eigenvalue weighted by Gasteiger charge is 2.14. The Balaban J connectivity index is 0.00000156. The zero-order chi connectivity index (χ0) is 16.2. The largest absolute Gasteiger partial charge is 0.497 e. The average Bonchev–Trinajstić information content (AvgIpc) is 2.56. The van der Waals surface area contributed by atoms with E-state index in [0.717, 1.165) is 35.8 Å². The summed E-state index contributed by atoms with van der Waals surface area (Å²) in [7, 11) is 1.68. The van der Waals surface area contributed by atoms with Crippen molar-refractivity contribution >= 4 is 30.5 Å². The first-order chi connectivity index (χ1) is 11.2. The number of nitrogens with one attached hydrogen (secondary N) is 2. The fraction of sp³-hybridized carbons (Fsp3) is 0.222. The fourth-order valence-electron chi connectivity index (χ4n) is 2.46. The Morgan fingerprint density at radius 3 is 2.52 bits per heavy atom. The Morgan fingerprint density at radius 2 is 1.80 bits per heavy atom. The number of nitrogens with two attached hydrogens (primary N) is 1. The van der Waals surface area contributed by atoms with Crippen molar-refractivity contribution in [3.05, 3.63) is 65.2 Å². The van der Waals surface area contributed by atoms with Crippen molar-refractivity contribution < 1.29 is 9.47 Å². The van der Waals surface area contributed by atoms with Crippen LogP contribution in [0, 0.1) is 0 Å². The topological polar surface area (TPSA) is 68.5 Å². The standard InChI is InChI=1S/C18H21N3O2.2ClH/c1-12-18(19)21-16-9-14(6-7-17(16)23-12)11-20-10-13-4-3-5-15(8-13)22-2;;/h3-9,20-21H,10-11,19H2,1-2H3;2*1H. The van der Waals surface area contributed by atoms with E-state index >= 15 is 0 Å². The van der Waals surface area contributed by atoms with Crippen molar-refractivity contribution in [2.24, 2.45) is 5.73 Å². The van der Waals surface area contributed by atoms with Crippen LogP contribution in [0.3, 0.4) is 0 Å². The van der Waals surface area contributed by atoms with Gasteiger partial charge < -0.3 is 25.8 Å². The summed E-state index contributed by atoms with van der Waals surface area (Å²) in [6, 6.07) is 14.1. The number of halogens is 2. The summed E-state index contributed by atoms with van der Waals surface area (Å²) in [6.07, 6.45) is 0. The van der Waals surface area contributed by atoms with Gasteiger partial charge in [0, 0.05) is 13.1 Å². The zero-order valence-electron chi connectivity index (χ0n) is 14.2. The second-order valence-electron chi connectivity index (χ2n) is 5.48. The summed E-state index contributed by atoms with van der Waals surface area (Å²) in [4.78, 5) is 0. The van der Waals surface area contributed by atoms with Crippen molar-refractivity contribution in [2.45, 2.75) is 20.0 Å². The Kier molecular flexibility index (Phi) is 7.90. The van der Waals surface area contributed by atoms with E-state index in [0.29, 0.717) is 11.6 Å². The number of anilines is 1. The van der Waals surface area contributed by atoms with E-state index in [1.54, 1.807) is 7.11 Å². The van der Waals surface area contributed by atoms with Crippen molar-refractivity contribution in [3.8, 4) is 11.5 Å². The molecule has 2 aromatic rings. The minimum atomic E-state index is 0. The first-order valence-electron chi connectivity index (χ1n) is 7.53. The van der Waals surface area contributed by atoms with Gasteiger partial charge in [-0.25, -0.2) is 0 Å². The molecule has 0 amide bonds. The maximum atomic E-state index is 5.86. The quantitative estimate of drug-likeness (QED) is 0.732. The maximum absolute atomic E-state index is 5.86. The molecule has 0 atom stereocenters. The van der Waals surface area contributed by atoms with Crippen molar-refractivity contribution in [1.82, 2.24) is 5.32 Å². The SMILES string of the molecule is COc1cccc(CNCc2ccc3c(c2)NC(N)=C(C)O3)c1.Cl.Cl. The summed E-state index contributed by atoms with van der Waals surface area (Å²) < 4.78 is 10.9. The van der Waals surface area contributed by atoms with E-state index in [2.05, 4.69) is 16.7 Å². The van der Waals surface area contributed by atoms with Gasteiger partial charge in [-0.05, 0) is 42.3 Å². The Hall–Kier alpha value is -2.08. The second-order valence-corrected chi connectivity index (χ2v) is 5.48. The summed E-state index contributed by atoms with van der Waals surface area (Å²) in [5.74, 6) is 2.92. The lowest BCUT2D eigenvalue weighted by Crippen LogP contribution is -2.19. The van der Waals surface area contributed by atoms with Gasteiger partial charge in [0.15, 0.2) is 5.75 Å². The number of ether oxygens (including phenoxy) is 2. The van der Waals surface area contributed by atoms with Crippen LogP contribution in [0.5, 0.6) is 11.5 Å². The van der Waals surface area contributed by atoms with E-state index in [4.69, 9.17) is 15.2 Å². The molecule has 0 aromatic heterocycles. The molecule has 3 rings (SSSR count). The van der Waals surface area contributed by atoms with Gasteiger partial charge in [-0.1, -0.05) is 18.2 Å². The van der Waals surface area contributed by atoms with Gasteiger partial charge in [-0.3, -0.25) is 0 Å². The number of rotatable bonds is 5. The molecule has 1 aliphatic heterocycles. The van der Waals surface area contributed by atoms with Crippen LogP contribution in [0.25, 0.3) is 0 Å². The number of hydrogen-bond donors (Lipinski definition) is 3. The molecule has 7 heteroatoms. The zero-order valence-corrected chi connectivity index (χ0v) is 15.8. The number of benzene rings is 2. The smallest absolute Gasteiger partial charge is 0.150 e. The summed E-state index contributed by atoms with van der Waals surface area (Å²) >= 11 is 0. The fourth-order valence-corrected chi connectivity index (χ4v) is 2.46. The van der Waals surface area contributed by atoms with Gasteiger partial charge in [-0.15, -0.1) is 24.8 Å². The van der Waals surface area contributed by atoms with Gasteiger partial charge >= 0.3 is 0 Å². The molecule has 0 fully saturated rings. The molecular formula is C18H23Cl2N3O2. The molecule has 136 valence electrons. The molecule has 25 heavy (non-hydrogen) atoms. The van der Waals surface area contributed by atoms with Crippen LogP contribution in [-0.4, -0.2) is 7.11 Å². The third-order valence-corrected chi connectivity index (χ3v) is 3.75. The first-order valence-corrected chi connectivity index (χ1v) is 7.53. The maximum Gasteiger partial charge on any atom is 0.150 e.